The highest BCUT2D eigenvalue weighted by Gasteiger charge is 2.38. The second kappa shape index (κ2) is 10.2. The van der Waals surface area contributed by atoms with Crippen molar-refractivity contribution in [2.24, 2.45) is 16.1 Å². The van der Waals surface area contributed by atoms with Crippen LogP contribution in [0.2, 0.25) is 0 Å². The molecule has 0 bridgehead atoms. The largest absolute Gasteiger partial charge is 0.457 e. The van der Waals surface area contributed by atoms with Crippen LogP contribution >= 0.6 is 0 Å². The smallest absolute Gasteiger partial charge is 0.324 e. The monoisotopic (exact) mass is 515 g/mol. The van der Waals surface area contributed by atoms with E-state index in [9.17, 15) is 13.6 Å². The maximum atomic E-state index is 14.8. The Labute approximate surface area is 216 Å². The van der Waals surface area contributed by atoms with E-state index >= 15 is 0 Å². The predicted molar refractivity (Wildman–Crippen MR) is 136 cm³/mol. The summed E-state index contributed by atoms with van der Waals surface area (Å²) >= 11 is 0. The molecular formula is C27H23F2N7O2. The first-order chi connectivity index (χ1) is 18.3. The molecule has 1 unspecified atom stereocenters. The van der Waals surface area contributed by atoms with Gasteiger partial charge in [-0.05, 0) is 47.9 Å². The summed E-state index contributed by atoms with van der Waals surface area (Å²) in [6.45, 7) is 3.90. The molecule has 192 valence electrons. The lowest BCUT2D eigenvalue weighted by Crippen LogP contribution is -2.29. The first-order valence-electron chi connectivity index (χ1n) is 11.7. The number of hydrogen-bond acceptors (Lipinski definition) is 6. The highest BCUT2D eigenvalue weighted by Crippen LogP contribution is 2.40. The summed E-state index contributed by atoms with van der Waals surface area (Å²) in [7, 11) is 0. The number of pyridine rings is 1. The number of amides is 2. The second-order valence-corrected chi connectivity index (χ2v) is 8.90. The first kappa shape index (κ1) is 24.8. The number of hydrogen-bond donors (Lipinski definition) is 3. The van der Waals surface area contributed by atoms with Gasteiger partial charge in [0.2, 0.25) is 0 Å². The second-order valence-electron chi connectivity index (χ2n) is 8.90. The van der Waals surface area contributed by atoms with E-state index in [2.05, 4.69) is 36.0 Å². The number of benzene rings is 2. The van der Waals surface area contributed by atoms with Gasteiger partial charge in [-0.2, -0.15) is 10.2 Å². The van der Waals surface area contributed by atoms with Crippen LogP contribution in [0.5, 0.6) is 11.5 Å². The fourth-order valence-electron chi connectivity index (χ4n) is 4.03. The van der Waals surface area contributed by atoms with Crippen molar-refractivity contribution in [2.45, 2.75) is 19.4 Å². The quantitative estimate of drug-likeness (QED) is 0.260. The van der Waals surface area contributed by atoms with E-state index in [4.69, 9.17) is 4.74 Å². The van der Waals surface area contributed by atoms with Crippen molar-refractivity contribution in [1.29, 1.82) is 0 Å². The molecule has 2 amide bonds. The summed E-state index contributed by atoms with van der Waals surface area (Å²) in [5, 5.41) is 20.1. The summed E-state index contributed by atoms with van der Waals surface area (Å²) in [5.41, 5.74) is 1.26. The topological polar surface area (TPSA) is 117 Å². The molecule has 0 saturated carbocycles. The van der Waals surface area contributed by atoms with Crippen LogP contribution in [-0.2, 0) is 5.54 Å². The number of aromatic nitrogens is 3. The van der Waals surface area contributed by atoms with Gasteiger partial charge in [0.05, 0.1) is 17.6 Å². The number of carbonyl (C=O) groups is 1. The third-order valence-electron chi connectivity index (χ3n) is 6.06. The predicted octanol–water partition coefficient (Wildman–Crippen LogP) is 6.52. The molecule has 3 N–H and O–H groups in total. The van der Waals surface area contributed by atoms with Gasteiger partial charge in [0.1, 0.15) is 28.7 Å². The molecular weight excluding hydrogens is 492 g/mol. The molecule has 0 aliphatic carbocycles. The lowest BCUT2D eigenvalue weighted by atomic mass is 9.81. The first-order valence-corrected chi connectivity index (χ1v) is 11.7. The fraction of sp³-hybridized carbons (Fsp3) is 0.148. The lowest BCUT2D eigenvalue weighted by molar-refractivity contribution is 0.254. The van der Waals surface area contributed by atoms with Gasteiger partial charge in [-0.1, -0.05) is 26.0 Å². The van der Waals surface area contributed by atoms with E-state index in [0.717, 1.165) is 11.1 Å². The van der Waals surface area contributed by atoms with Gasteiger partial charge in [-0.3, -0.25) is 15.4 Å². The molecule has 2 aromatic heterocycles. The van der Waals surface area contributed by atoms with Crippen molar-refractivity contribution in [1.82, 2.24) is 20.5 Å². The summed E-state index contributed by atoms with van der Waals surface area (Å²) < 4.78 is 34.0. The minimum atomic E-state index is -0.856. The molecule has 9 nitrogen and oxygen atoms in total. The Morgan fingerprint density at radius 3 is 2.53 bits per heavy atom. The highest BCUT2D eigenvalue weighted by molar-refractivity contribution is 5.90. The highest BCUT2D eigenvalue weighted by atomic mass is 19.1. The number of H-pyrrole nitrogens is 1. The maximum Gasteiger partial charge on any atom is 0.324 e. The van der Waals surface area contributed by atoms with Crippen molar-refractivity contribution in [3.8, 4) is 22.8 Å². The molecule has 11 heteroatoms. The van der Waals surface area contributed by atoms with Crippen molar-refractivity contribution >= 4 is 11.7 Å². The Morgan fingerprint density at radius 1 is 1.03 bits per heavy atom. The van der Waals surface area contributed by atoms with Gasteiger partial charge in [0.25, 0.3) is 0 Å². The molecule has 0 spiro atoms. The van der Waals surface area contributed by atoms with Gasteiger partial charge >= 0.3 is 6.03 Å². The summed E-state index contributed by atoms with van der Waals surface area (Å²) in [6, 6.07) is 12.7. The van der Waals surface area contributed by atoms with Crippen LogP contribution in [0, 0.1) is 17.6 Å². The van der Waals surface area contributed by atoms with Crippen LogP contribution in [0.25, 0.3) is 11.3 Å². The zero-order valence-electron chi connectivity index (χ0n) is 20.4. The van der Waals surface area contributed by atoms with Crippen LogP contribution in [0.15, 0.2) is 95.3 Å². The van der Waals surface area contributed by atoms with Crippen LogP contribution < -0.4 is 15.4 Å². The van der Waals surface area contributed by atoms with E-state index < -0.39 is 17.4 Å². The van der Waals surface area contributed by atoms with E-state index in [1.54, 1.807) is 48.9 Å². The minimum Gasteiger partial charge on any atom is -0.457 e. The average molecular weight is 516 g/mol. The summed E-state index contributed by atoms with van der Waals surface area (Å²) in [6.07, 6.45) is 6.61. The molecule has 0 saturated heterocycles. The van der Waals surface area contributed by atoms with Gasteiger partial charge in [0, 0.05) is 30.1 Å². The zero-order chi connectivity index (χ0) is 26.7. The molecule has 1 atom stereocenters. The SMILES string of the molecule is CC(C)C1(c2ccc(F)cc2)C=C(NC(=O)Nc2ccc(Oc3ccnc(-c4cn[nH]c4)c3)cc2F)N=N1. The fourth-order valence-corrected chi connectivity index (χ4v) is 4.03. The lowest BCUT2D eigenvalue weighted by Gasteiger charge is -2.27. The molecule has 1 aliphatic heterocycles. The maximum absolute atomic E-state index is 14.8. The molecule has 3 heterocycles. The number of azo groups is 1. The molecule has 4 aromatic rings. The Hall–Kier alpha value is -4.93. The van der Waals surface area contributed by atoms with E-state index in [1.165, 1.54) is 30.3 Å². The van der Waals surface area contributed by atoms with Crippen molar-refractivity contribution in [3.63, 3.8) is 0 Å². The third kappa shape index (κ3) is 5.12. The number of aromatic amines is 1. The van der Waals surface area contributed by atoms with Gasteiger partial charge < -0.3 is 10.1 Å². The van der Waals surface area contributed by atoms with E-state index in [-0.39, 0.29) is 29.0 Å². The summed E-state index contributed by atoms with van der Waals surface area (Å²) in [5.74, 6) is -0.171. The van der Waals surface area contributed by atoms with Crippen LogP contribution in [-0.4, -0.2) is 21.2 Å². The number of ether oxygens (including phenoxy) is 1. The molecule has 38 heavy (non-hydrogen) atoms. The third-order valence-corrected chi connectivity index (χ3v) is 6.06. The normalized spacial score (nSPS) is 16.4. The van der Waals surface area contributed by atoms with E-state index in [0.29, 0.717) is 11.4 Å². The Kier molecular flexibility index (Phi) is 6.65. The van der Waals surface area contributed by atoms with Gasteiger partial charge in [0.15, 0.2) is 5.82 Å². The van der Waals surface area contributed by atoms with Gasteiger partial charge in [-0.15, -0.1) is 5.11 Å². The molecule has 0 radical (unpaired) electrons. The minimum absolute atomic E-state index is 0.0276. The summed E-state index contributed by atoms with van der Waals surface area (Å²) in [4.78, 5) is 16.8. The van der Waals surface area contributed by atoms with Crippen LogP contribution in [0.4, 0.5) is 19.3 Å². The number of rotatable bonds is 7. The number of carbonyl (C=O) groups excluding carboxylic acids is 1. The Balaban J connectivity index is 1.25. The molecule has 5 rings (SSSR count). The Bertz CT molecular complexity index is 1520. The van der Waals surface area contributed by atoms with Crippen LogP contribution in [0.3, 0.4) is 0 Å². The number of urea groups is 1. The van der Waals surface area contributed by atoms with Crippen molar-refractivity contribution in [2.75, 3.05) is 5.32 Å². The molecule has 2 aromatic carbocycles. The number of nitrogens with zero attached hydrogens (tertiary/aromatic N) is 4. The van der Waals surface area contributed by atoms with Gasteiger partial charge in [-0.25, -0.2) is 13.6 Å². The van der Waals surface area contributed by atoms with Crippen molar-refractivity contribution in [3.05, 3.63) is 102 Å². The number of nitrogens with one attached hydrogen (secondary N) is 3. The molecule has 0 fully saturated rings. The number of anilines is 1. The Morgan fingerprint density at radius 2 is 1.82 bits per heavy atom. The average Bonchev–Trinajstić information content (AvgIpc) is 3.58. The van der Waals surface area contributed by atoms with Crippen molar-refractivity contribution < 1.29 is 18.3 Å². The van der Waals surface area contributed by atoms with Crippen LogP contribution in [0.1, 0.15) is 19.4 Å². The number of halogens is 2. The van der Waals surface area contributed by atoms with E-state index in [1.807, 2.05) is 13.8 Å². The zero-order valence-corrected chi connectivity index (χ0v) is 20.4. The standard InChI is InChI=1S/C27H23F2N7O2/c1-16(2)27(18-3-5-19(28)6-4-18)13-25(35-36-27)34-26(37)33-23-8-7-20(11-22(23)29)38-21-9-10-30-24(12-21)17-14-31-32-15-17/h3-16H,1-2H3,(H,31,32)(H2,33,34,37). The molecule has 1 aliphatic rings.